The predicted octanol–water partition coefficient (Wildman–Crippen LogP) is 0.677. The summed E-state index contributed by atoms with van der Waals surface area (Å²) < 4.78 is 8.83. The van der Waals surface area contributed by atoms with Gasteiger partial charge in [-0.1, -0.05) is 0 Å². The van der Waals surface area contributed by atoms with E-state index in [0.717, 1.165) is 0 Å². The van der Waals surface area contributed by atoms with Crippen LogP contribution in [0.3, 0.4) is 0 Å². The van der Waals surface area contributed by atoms with Crippen LogP contribution >= 0.6 is 11.6 Å². The number of carbonyl (C=O) groups excluding carboxylic acids is 2. The first-order valence-electron chi connectivity index (χ1n) is 2.60. The van der Waals surface area contributed by atoms with E-state index in [4.69, 9.17) is 11.6 Å². The minimum absolute atomic E-state index is 0.103. The predicted molar refractivity (Wildman–Crippen MR) is 31.7 cm³/mol. The van der Waals surface area contributed by atoms with E-state index >= 15 is 0 Å². The Morgan fingerprint density at radius 3 is 2.60 bits per heavy atom. The molecule has 1 atom stereocenters. The van der Waals surface area contributed by atoms with Gasteiger partial charge in [0.25, 0.3) is 5.24 Å². The molecule has 0 bridgehead atoms. The van der Waals surface area contributed by atoms with Gasteiger partial charge in [0.2, 0.25) is 5.60 Å². The molecule has 0 N–H and O–H groups in total. The number of hydrogen-bond acceptors (Lipinski definition) is 4. The van der Waals surface area contributed by atoms with Gasteiger partial charge in [0.1, 0.15) is 6.61 Å². The first-order chi connectivity index (χ1) is 4.54. The highest BCUT2D eigenvalue weighted by Gasteiger charge is 2.43. The molecule has 1 saturated heterocycles. The van der Waals surface area contributed by atoms with Crippen molar-refractivity contribution in [3.05, 3.63) is 0 Å². The highest BCUT2D eigenvalue weighted by Crippen LogP contribution is 2.21. The maximum atomic E-state index is 10.5. The van der Waals surface area contributed by atoms with E-state index in [1.54, 1.807) is 0 Å². The summed E-state index contributed by atoms with van der Waals surface area (Å²) in [7, 11) is 0. The van der Waals surface area contributed by atoms with E-state index in [-0.39, 0.29) is 6.61 Å². The molecule has 0 aromatic carbocycles. The highest BCUT2D eigenvalue weighted by molar-refractivity contribution is 6.65. The van der Waals surface area contributed by atoms with Gasteiger partial charge in [-0.05, 0) is 18.5 Å². The lowest BCUT2D eigenvalue weighted by Crippen LogP contribution is -2.34. The zero-order valence-electron chi connectivity index (χ0n) is 5.22. The molecule has 5 heteroatoms. The van der Waals surface area contributed by atoms with E-state index in [1.807, 2.05) is 0 Å². The van der Waals surface area contributed by atoms with Crippen molar-refractivity contribution in [2.75, 3.05) is 6.61 Å². The third kappa shape index (κ3) is 1.07. The summed E-state index contributed by atoms with van der Waals surface area (Å²) in [5.41, 5.74) is -1.28. The Labute approximate surface area is 62.0 Å². The average Bonchev–Trinajstić information content (AvgIpc) is 2.13. The Morgan fingerprint density at radius 1 is 1.80 bits per heavy atom. The van der Waals surface area contributed by atoms with E-state index in [9.17, 15) is 9.59 Å². The van der Waals surface area contributed by atoms with Crippen molar-refractivity contribution in [3.63, 3.8) is 0 Å². The van der Waals surface area contributed by atoms with Crippen LogP contribution in [0.2, 0.25) is 0 Å². The number of halogens is 1. The summed E-state index contributed by atoms with van der Waals surface area (Å²) >= 11 is 5.09. The molecule has 56 valence electrons. The molecule has 0 amide bonds. The van der Waals surface area contributed by atoms with Gasteiger partial charge < -0.3 is 9.47 Å². The summed E-state index contributed by atoms with van der Waals surface area (Å²) in [5, 5.41) is -0.724. The number of ether oxygens (including phenoxy) is 2. The van der Waals surface area contributed by atoms with Crippen LogP contribution in [0.1, 0.15) is 6.92 Å². The van der Waals surface area contributed by atoms with Gasteiger partial charge in [-0.2, -0.15) is 0 Å². The van der Waals surface area contributed by atoms with Gasteiger partial charge in [0, 0.05) is 0 Å². The molecule has 1 heterocycles. The van der Waals surface area contributed by atoms with Gasteiger partial charge in [-0.25, -0.2) is 4.79 Å². The van der Waals surface area contributed by atoms with Crippen molar-refractivity contribution in [1.82, 2.24) is 0 Å². The van der Waals surface area contributed by atoms with Crippen LogP contribution in [0, 0.1) is 0 Å². The van der Waals surface area contributed by atoms with Crippen LogP contribution in [0.25, 0.3) is 0 Å². The van der Waals surface area contributed by atoms with E-state index in [2.05, 4.69) is 9.47 Å². The standard InChI is InChI=1S/C5H5ClO4/c1-5(3(6)7)2-9-4(8)10-5/h2H2,1H3/t5-/m0/s1. The smallest absolute Gasteiger partial charge is 0.429 e. The van der Waals surface area contributed by atoms with Crippen molar-refractivity contribution in [2.45, 2.75) is 12.5 Å². The number of rotatable bonds is 1. The lowest BCUT2D eigenvalue weighted by atomic mass is 10.1. The van der Waals surface area contributed by atoms with Gasteiger partial charge in [0.15, 0.2) is 0 Å². The van der Waals surface area contributed by atoms with Crippen LogP contribution < -0.4 is 0 Å². The normalized spacial score (nSPS) is 31.2. The first kappa shape index (κ1) is 7.34. The molecule has 0 spiro atoms. The first-order valence-corrected chi connectivity index (χ1v) is 2.98. The van der Waals surface area contributed by atoms with Crippen LogP contribution in [0.4, 0.5) is 4.79 Å². The molecular weight excluding hydrogens is 160 g/mol. The molecule has 0 aromatic heterocycles. The fourth-order valence-corrected chi connectivity index (χ4v) is 0.629. The molecule has 1 rings (SSSR count). The zero-order chi connectivity index (χ0) is 7.78. The molecule has 1 aliphatic heterocycles. The zero-order valence-corrected chi connectivity index (χ0v) is 5.97. The lowest BCUT2D eigenvalue weighted by Gasteiger charge is -2.11. The van der Waals surface area contributed by atoms with Gasteiger partial charge >= 0.3 is 6.16 Å². The maximum Gasteiger partial charge on any atom is 0.509 e. The Kier molecular flexibility index (Phi) is 1.56. The summed E-state index contributed by atoms with van der Waals surface area (Å²) in [6.45, 7) is 1.29. The molecule has 0 unspecified atom stereocenters. The minimum atomic E-state index is -1.28. The fraction of sp³-hybridized carbons (Fsp3) is 0.600. The summed E-state index contributed by atoms with van der Waals surface area (Å²) in [4.78, 5) is 20.8. The Bertz CT molecular complexity index is 190. The minimum Gasteiger partial charge on any atom is -0.429 e. The van der Waals surface area contributed by atoms with E-state index < -0.39 is 17.0 Å². The summed E-state index contributed by atoms with van der Waals surface area (Å²) in [6, 6.07) is 0. The van der Waals surface area contributed by atoms with Crippen molar-refractivity contribution < 1.29 is 19.1 Å². The second-order valence-electron chi connectivity index (χ2n) is 2.15. The second-order valence-corrected chi connectivity index (χ2v) is 2.49. The number of carbonyl (C=O) groups is 2. The van der Waals surface area contributed by atoms with Crippen LogP contribution in [-0.2, 0) is 14.3 Å². The third-order valence-electron chi connectivity index (χ3n) is 1.19. The van der Waals surface area contributed by atoms with Crippen LogP contribution in [0.5, 0.6) is 0 Å². The summed E-state index contributed by atoms with van der Waals surface area (Å²) in [5.74, 6) is 0. The van der Waals surface area contributed by atoms with Crippen molar-refractivity contribution >= 4 is 23.0 Å². The fourth-order valence-electron chi connectivity index (χ4n) is 0.536. The maximum absolute atomic E-state index is 10.5. The van der Waals surface area contributed by atoms with E-state index in [1.165, 1.54) is 6.92 Å². The third-order valence-corrected chi connectivity index (χ3v) is 1.59. The highest BCUT2D eigenvalue weighted by atomic mass is 35.5. The molecule has 0 aliphatic carbocycles. The van der Waals surface area contributed by atoms with Gasteiger partial charge in [-0.3, -0.25) is 4.79 Å². The largest absolute Gasteiger partial charge is 0.509 e. The number of cyclic esters (lactones) is 2. The SMILES string of the molecule is C[C@@]1(C(=O)Cl)COC(=O)O1. The second kappa shape index (κ2) is 2.12. The summed E-state index contributed by atoms with van der Waals surface area (Å²) in [6.07, 6.45) is -0.850. The Morgan fingerprint density at radius 2 is 2.40 bits per heavy atom. The van der Waals surface area contributed by atoms with Gasteiger partial charge in [0.05, 0.1) is 0 Å². The van der Waals surface area contributed by atoms with Crippen molar-refractivity contribution in [1.29, 1.82) is 0 Å². The molecule has 1 fully saturated rings. The number of hydrogen-bond donors (Lipinski definition) is 0. The molecule has 10 heavy (non-hydrogen) atoms. The van der Waals surface area contributed by atoms with Crippen molar-refractivity contribution in [3.8, 4) is 0 Å². The topological polar surface area (TPSA) is 52.6 Å². The lowest BCUT2D eigenvalue weighted by molar-refractivity contribution is -0.124. The van der Waals surface area contributed by atoms with Gasteiger partial charge in [-0.15, -0.1) is 0 Å². The van der Waals surface area contributed by atoms with Crippen LogP contribution in [-0.4, -0.2) is 23.6 Å². The Hall–Kier alpha value is -0.770. The average molecular weight is 165 g/mol. The Balaban J connectivity index is 2.72. The quantitative estimate of drug-likeness (QED) is 0.422. The molecule has 0 saturated carbocycles. The molecule has 0 aromatic rings. The molecule has 1 aliphatic rings. The van der Waals surface area contributed by atoms with Crippen LogP contribution in [0.15, 0.2) is 0 Å². The molecular formula is C5H5ClO4. The molecule has 4 nitrogen and oxygen atoms in total. The van der Waals surface area contributed by atoms with E-state index in [0.29, 0.717) is 0 Å². The monoisotopic (exact) mass is 164 g/mol. The van der Waals surface area contributed by atoms with Crippen molar-refractivity contribution in [2.24, 2.45) is 0 Å². The molecule has 0 radical (unpaired) electrons.